The molecule has 0 saturated carbocycles. The molecule has 0 aliphatic rings. The van der Waals surface area contributed by atoms with E-state index >= 15 is 0 Å². The van der Waals surface area contributed by atoms with Gasteiger partial charge in [-0.3, -0.25) is 29.9 Å². The number of hydrogen-bond donors (Lipinski definition) is 3. The lowest BCUT2D eigenvalue weighted by molar-refractivity contribution is 0.557. The van der Waals surface area contributed by atoms with Crippen molar-refractivity contribution in [3.05, 3.63) is 118 Å². The number of H-pyrrole nitrogens is 3. The minimum atomic E-state index is -0.518. The molecule has 15 heteroatoms. The van der Waals surface area contributed by atoms with Gasteiger partial charge in [0, 0.05) is 20.6 Å². The lowest BCUT2D eigenvalue weighted by Gasteiger charge is -2.02. The summed E-state index contributed by atoms with van der Waals surface area (Å²) in [6, 6.07) is 12.9. The number of hydrogen-bond acceptors (Lipinski definition) is 9. The second-order valence-electron chi connectivity index (χ2n) is 10.4. The van der Waals surface area contributed by atoms with E-state index in [0.29, 0.717) is 54.2 Å². The van der Waals surface area contributed by atoms with Crippen LogP contribution < -0.4 is 17.3 Å². The molecule has 12 nitrogen and oxygen atoms in total. The molecule has 0 saturated heterocycles. The van der Waals surface area contributed by atoms with E-state index in [1.165, 1.54) is 11.8 Å². The summed E-state index contributed by atoms with van der Waals surface area (Å²) < 4.78 is 16.1. The van der Waals surface area contributed by atoms with Crippen molar-refractivity contribution in [1.82, 2.24) is 29.9 Å². The SMILES string of the molecule is Cc1cc2ncc3[nH]c(=O)oc3c2cc1C.O=c1[nH]c2cnc3c(Br)cccc3c2o1.O=c1[nH]c2cnc3cc(Cl)c(Cl)cc3c2o1. The Labute approximate surface area is 279 Å². The summed E-state index contributed by atoms with van der Waals surface area (Å²) in [5, 5.41) is 3.16. The highest BCUT2D eigenvalue weighted by atomic mass is 79.9. The molecule has 6 heterocycles. The molecule has 0 fully saturated rings. The predicted molar refractivity (Wildman–Crippen MR) is 184 cm³/mol. The summed E-state index contributed by atoms with van der Waals surface area (Å²) in [4.78, 5) is 53.7. The number of oxazole rings is 3. The maximum Gasteiger partial charge on any atom is 0.417 e. The minimum Gasteiger partial charge on any atom is -0.407 e. The topological polar surface area (TPSA) is 177 Å². The fourth-order valence-corrected chi connectivity index (χ4v) is 5.82. The Kier molecular flexibility index (Phi) is 7.66. The molecular formula is C32H19BrCl2N6O6. The number of halogens is 3. The van der Waals surface area contributed by atoms with E-state index < -0.39 is 17.3 Å². The number of benzene rings is 3. The van der Waals surface area contributed by atoms with E-state index in [0.717, 1.165) is 31.8 Å². The Bertz CT molecular complexity index is 2720. The molecule has 0 amide bonds. The van der Waals surface area contributed by atoms with Crippen molar-refractivity contribution in [1.29, 1.82) is 0 Å². The molecule has 6 aromatic heterocycles. The van der Waals surface area contributed by atoms with E-state index in [9.17, 15) is 14.4 Å². The quantitative estimate of drug-likeness (QED) is 0.141. The minimum absolute atomic E-state index is 0.396. The zero-order valence-corrected chi connectivity index (χ0v) is 27.3. The number of aromatic nitrogens is 6. The molecule has 0 spiro atoms. The third kappa shape index (κ3) is 5.69. The number of para-hydroxylation sites is 1. The molecule has 47 heavy (non-hydrogen) atoms. The van der Waals surface area contributed by atoms with Crippen molar-refractivity contribution >= 4 is 105 Å². The molecule has 234 valence electrons. The molecular weight excluding hydrogens is 715 g/mol. The Morgan fingerprint density at radius 2 is 1.09 bits per heavy atom. The number of fused-ring (bicyclic) bond motifs is 9. The number of pyridine rings is 3. The number of nitrogens with one attached hydrogen (secondary N) is 3. The van der Waals surface area contributed by atoms with Crippen LogP contribution in [0.15, 0.2) is 93.2 Å². The van der Waals surface area contributed by atoms with Crippen molar-refractivity contribution < 1.29 is 13.3 Å². The molecule has 0 aliphatic heterocycles. The standard InChI is InChI=1S/C12H10N2O2.C10H5BrN2O2.C10H4Cl2N2O2/c1-6-3-8-9(4-7(6)2)13-5-10-11(8)16-12(15)14-10;11-6-3-1-2-5-8(6)12-4-7-9(5)15-10(14)13-7;11-5-1-4-7(2-6(5)12)13-3-8-9(4)16-10(15)14-8/h3-5H,1-2H3,(H,14,15);1-4H,(H,13,14);1-3H,(H,14,15). The molecule has 0 atom stereocenters. The summed E-state index contributed by atoms with van der Waals surface area (Å²) in [7, 11) is 0. The second-order valence-corrected chi connectivity index (χ2v) is 12.1. The van der Waals surface area contributed by atoms with E-state index in [4.69, 9.17) is 36.5 Å². The summed E-state index contributed by atoms with van der Waals surface area (Å²) >= 11 is 15.2. The van der Waals surface area contributed by atoms with Gasteiger partial charge in [-0.1, -0.05) is 29.3 Å². The van der Waals surface area contributed by atoms with Gasteiger partial charge in [-0.05, 0) is 77.3 Å². The van der Waals surface area contributed by atoms with Gasteiger partial charge in [0.2, 0.25) is 0 Å². The van der Waals surface area contributed by atoms with Gasteiger partial charge in [-0.2, -0.15) is 0 Å². The number of aromatic amines is 3. The van der Waals surface area contributed by atoms with Crippen molar-refractivity contribution in [2.75, 3.05) is 0 Å². The molecule has 0 aliphatic carbocycles. The molecule has 3 N–H and O–H groups in total. The fraction of sp³-hybridized carbons (Fsp3) is 0.0625. The zero-order chi connectivity index (χ0) is 33.0. The van der Waals surface area contributed by atoms with Gasteiger partial charge in [0.15, 0.2) is 16.7 Å². The van der Waals surface area contributed by atoms with Gasteiger partial charge in [-0.25, -0.2) is 14.4 Å². The summed E-state index contributed by atoms with van der Waals surface area (Å²) in [6.07, 6.45) is 4.73. The highest BCUT2D eigenvalue weighted by Gasteiger charge is 2.11. The zero-order valence-electron chi connectivity index (χ0n) is 24.2. The maximum absolute atomic E-state index is 11.1. The van der Waals surface area contributed by atoms with Crippen LogP contribution in [0.4, 0.5) is 0 Å². The molecule has 0 unspecified atom stereocenters. The first-order valence-corrected chi connectivity index (χ1v) is 15.3. The molecule has 0 radical (unpaired) electrons. The van der Waals surface area contributed by atoms with Crippen LogP contribution in [-0.4, -0.2) is 29.9 Å². The lowest BCUT2D eigenvalue weighted by Crippen LogP contribution is -1.92. The summed E-state index contributed by atoms with van der Waals surface area (Å²) in [5.74, 6) is -1.42. The van der Waals surface area contributed by atoms with Crippen LogP contribution in [-0.2, 0) is 0 Å². The Morgan fingerprint density at radius 3 is 1.68 bits per heavy atom. The van der Waals surface area contributed by atoms with Gasteiger partial charge in [0.25, 0.3) is 0 Å². The average molecular weight is 734 g/mol. The van der Waals surface area contributed by atoms with Crippen LogP contribution >= 0.6 is 39.1 Å². The van der Waals surface area contributed by atoms with Crippen molar-refractivity contribution in [2.24, 2.45) is 0 Å². The van der Waals surface area contributed by atoms with Gasteiger partial charge in [0.1, 0.15) is 16.6 Å². The fourth-order valence-electron chi connectivity index (χ4n) is 5.03. The van der Waals surface area contributed by atoms with E-state index in [2.05, 4.69) is 45.8 Å². The first kappa shape index (κ1) is 30.4. The Hall–Kier alpha value is -5.24. The third-order valence-corrected chi connectivity index (χ3v) is 8.75. The van der Waals surface area contributed by atoms with Gasteiger partial charge >= 0.3 is 17.3 Å². The van der Waals surface area contributed by atoms with Crippen LogP contribution in [0.1, 0.15) is 11.1 Å². The van der Waals surface area contributed by atoms with Gasteiger partial charge in [0.05, 0.1) is 45.2 Å². The molecule has 3 aromatic carbocycles. The van der Waals surface area contributed by atoms with E-state index in [-0.39, 0.29) is 0 Å². The average Bonchev–Trinajstić information content (AvgIpc) is 3.74. The molecule has 9 aromatic rings. The number of rotatable bonds is 0. The second kappa shape index (κ2) is 11.8. The first-order chi connectivity index (χ1) is 22.5. The highest BCUT2D eigenvalue weighted by Crippen LogP contribution is 2.30. The van der Waals surface area contributed by atoms with Crippen LogP contribution in [0.5, 0.6) is 0 Å². The van der Waals surface area contributed by atoms with Crippen LogP contribution in [0, 0.1) is 13.8 Å². The smallest absolute Gasteiger partial charge is 0.407 e. The number of nitrogens with zero attached hydrogens (tertiary/aromatic N) is 3. The Morgan fingerprint density at radius 1 is 0.617 bits per heavy atom. The highest BCUT2D eigenvalue weighted by molar-refractivity contribution is 9.10. The Balaban J connectivity index is 0.000000112. The lowest BCUT2D eigenvalue weighted by atomic mass is 10.1. The van der Waals surface area contributed by atoms with E-state index in [1.54, 1.807) is 24.5 Å². The van der Waals surface area contributed by atoms with Crippen molar-refractivity contribution in [3.63, 3.8) is 0 Å². The number of aryl methyl sites for hydroxylation is 2. The summed E-state index contributed by atoms with van der Waals surface area (Å²) in [5.41, 5.74) is 7.96. The third-order valence-electron chi connectivity index (χ3n) is 7.39. The van der Waals surface area contributed by atoms with Crippen LogP contribution in [0.25, 0.3) is 66.0 Å². The maximum atomic E-state index is 11.1. The normalized spacial score (nSPS) is 11.3. The largest absolute Gasteiger partial charge is 0.417 e. The predicted octanol–water partition coefficient (Wildman–Crippen LogP) is 7.69. The monoisotopic (exact) mass is 732 g/mol. The van der Waals surface area contributed by atoms with E-state index in [1.807, 2.05) is 44.2 Å². The van der Waals surface area contributed by atoms with Crippen LogP contribution in [0.2, 0.25) is 10.0 Å². The first-order valence-electron chi connectivity index (χ1n) is 13.8. The van der Waals surface area contributed by atoms with Crippen LogP contribution in [0.3, 0.4) is 0 Å². The van der Waals surface area contributed by atoms with Crippen molar-refractivity contribution in [3.8, 4) is 0 Å². The molecule has 0 bridgehead atoms. The van der Waals surface area contributed by atoms with Crippen molar-refractivity contribution in [2.45, 2.75) is 13.8 Å². The van der Waals surface area contributed by atoms with Gasteiger partial charge in [-0.15, -0.1) is 0 Å². The summed E-state index contributed by atoms with van der Waals surface area (Å²) in [6.45, 7) is 4.06. The van der Waals surface area contributed by atoms with Gasteiger partial charge < -0.3 is 13.3 Å². The molecule has 9 rings (SSSR count).